The fourth-order valence-corrected chi connectivity index (χ4v) is 1.05. The van der Waals surface area contributed by atoms with Crippen molar-refractivity contribution >= 4 is 23.5 Å². The average Bonchev–Trinajstić information content (AvgIpc) is 2.26. The molecule has 0 spiro atoms. The Labute approximate surface area is 89.1 Å². The molecular weight excluding hydrogens is 216 g/mol. The number of carboxylic acids is 2. The monoisotopic (exact) mass is 222 g/mol. The van der Waals surface area contributed by atoms with Crippen molar-refractivity contribution in [2.24, 2.45) is 0 Å². The summed E-state index contributed by atoms with van der Waals surface area (Å²) in [6, 6.07) is 4.56. The number of carbonyl (C=O) groups excluding carboxylic acids is 2. The second-order valence-corrected chi connectivity index (χ2v) is 2.85. The summed E-state index contributed by atoms with van der Waals surface area (Å²) in [7, 11) is 0. The summed E-state index contributed by atoms with van der Waals surface area (Å²) in [4.78, 5) is 42.8. The number of hydrogen-bond acceptors (Lipinski definition) is 4. The van der Waals surface area contributed by atoms with Gasteiger partial charge in [0.05, 0.1) is 0 Å². The SMILES string of the molecule is O=C(O)C(=O)c1cccc(C(=O)C(=O)O)c1. The molecule has 0 saturated heterocycles. The third-order valence-electron chi connectivity index (χ3n) is 1.78. The summed E-state index contributed by atoms with van der Waals surface area (Å²) in [5.74, 6) is -5.72. The molecule has 0 aliphatic rings. The van der Waals surface area contributed by atoms with Gasteiger partial charge in [-0.05, 0) is 6.07 Å². The molecule has 0 fully saturated rings. The van der Waals surface area contributed by atoms with Gasteiger partial charge < -0.3 is 10.2 Å². The van der Waals surface area contributed by atoms with E-state index in [4.69, 9.17) is 10.2 Å². The van der Waals surface area contributed by atoms with Crippen molar-refractivity contribution in [2.45, 2.75) is 0 Å². The van der Waals surface area contributed by atoms with Gasteiger partial charge in [0.15, 0.2) is 0 Å². The van der Waals surface area contributed by atoms with E-state index in [0.717, 1.165) is 6.07 Å². The lowest BCUT2D eigenvalue weighted by Gasteiger charge is -1.99. The molecule has 82 valence electrons. The first-order chi connectivity index (χ1) is 7.43. The van der Waals surface area contributed by atoms with Gasteiger partial charge in [-0.15, -0.1) is 0 Å². The highest BCUT2D eigenvalue weighted by atomic mass is 16.4. The predicted molar refractivity (Wildman–Crippen MR) is 50.4 cm³/mol. The first-order valence-corrected chi connectivity index (χ1v) is 4.09. The molecular formula is C10H6O6. The van der Waals surface area contributed by atoms with Gasteiger partial charge in [0, 0.05) is 11.1 Å². The summed E-state index contributed by atoms with van der Waals surface area (Å²) in [6.45, 7) is 0. The smallest absolute Gasteiger partial charge is 0.377 e. The summed E-state index contributed by atoms with van der Waals surface area (Å²) in [5.41, 5.74) is -0.473. The lowest BCUT2D eigenvalue weighted by molar-refractivity contribution is -0.132. The maximum absolute atomic E-state index is 11.0. The first-order valence-electron chi connectivity index (χ1n) is 4.09. The van der Waals surface area contributed by atoms with Gasteiger partial charge in [0.1, 0.15) is 0 Å². The van der Waals surface area contributed by atoms with E-state index in [-0.39, 0.29) is 11.1 Å². The number of benzene rings is 1. The molecule has 0 aliphatic heterocycles. The summed E-state index contributed by atoms with van der Waals surface area (Å²) in [5, 5.41) is 16.8. The number of carboxylic acid groups (broad SMARTS) is 2. The Morgan fingerprint density at radius 3 is 1.50 bits per heavy atom. The molecule has 1 rings (SSSR count). The van der Waals surface area contributed by atoms with Crippen LogP contribution < -0.4 is 0 Å². The maximum atomic E-state index is 11.0. The van der Waals surface area contributed by atoms with E-state index in [1.807, 2.05) is 0 Å². The zero-order chi connectivity index (χ0) is 12.3. The molecule has 6 nitrogen and oxygen atoms in total. The Bertz CT molecular complexity index is 447. The van der Waals surface area contributed by atoms with E-state index < -0.39 is 23.5 Å². The minimum Gasteiger partial charge on any atom is -0.475 e. The summed E-state index contributed by atoms with van der Waals surface area (Å²) in [6.07, 6.45) is 0. The van der Waals surface area contributed by atoms with E-state index in [1.54, 1.807) is 0 Å². The molecule has 0 heterocycles. The minimum atomic E-state index is -1.67. The van der Waals surface area contributed by atoms with Gasteiger partial charge in [0.25, 0.3) is 11.6 Å². The van der Waals surface area contributed by atoms with Crippen LogP contribution in [0.1, 0.15) is 20.7 Å². The normalized spacial score (nSPS) is 9.50. The molecule has 1 aromatic carbocycles. The predicted octanol–water partition coefficient (Wildman–Crippen LogP) is 0.221. The van der Waals surface area contributed by atoms with Crippen molar-refractivity contribution in [1.82, 2.24) is 0 Å². The first kappa shape index (κ1) is 11.6. The Kier molecular flexibility index (Phi) is 3.14. The topological polar surface area (TPSA) is 109 Å². The molecule has 2 N–H and O–H groups in total. The molecule has 0 atom stereocenters. The van der Waals surface area contributed by atoms with E-state index in [9.17, 15) is 19.2 Å². The van der Waals surface area contributed by atoms with Gasteiger partial charge in [-0.25, -0.2) is 9.59 Å². The van der Waals surface area contributed by atoms with Crippen LogP contribution >= 0.6 is 0 Å². The number of carbonyl (C=O) groups is 4. The van der Waals surface area contributed by atoms with Crippen LogP contribution in [0.2, 0.25) is 0 Å². The Morgan fingerprint density at radius 1 is 0.812 bits per heavy atom. The van der Waals surface area contributed by atoms with E-state index >= 15 is 0 Å². The number of Topliss-reactive ketones (excluding diaryl/α,β-unsaturated/α-hetero) is 2. The Morgan fingerprint density at radius 2 is 1.19 bits per heavy atom. The zero-order valence-electron chi connectivity index (χ0n) is 7.84. The van der Waals surface area contributed by atoms with Crippen molar-refractivity contribution < 1.29 is 29.4 Å². The molecule has 1 aromatic rings. The van der Waals surface area contributed by atoms with Gasteiger partial charge >= 0.3 is 11.9 Å². The lowest BCUT2D eigenvalue weighted by Crippen LogP contribution is -2.16. The standard InChI is InChI=1S/C10H6O6/c11-7(9(13)14)5-2-1-3-6(4-5)8(12)10(15)16/h1-4H,(H,13,14)(H,15,16). The van der Waals surface area contributed by atoms with Crippen LogP contribution in [0, 0.1) is 0 Å². The van der Waals surface area contributed by atoms with Crippen molar-refractivity contribution in [1.29, 1.82) is 0 Å². The molecule has 0 saturated carbocycles. The number of rotatable bonds is 4. The van der Waals surface area contributed by atoms with Crippen LogP contribution in [0.3, 0.4) is 0 Å². The summed E-state index contributed by atoms with van der Waals surface area (Å²) < 4.78 is 0. The average molecular weight is 222 g/mol. The van der Waals surface area contributed by atoms with E-state index in [1.165, 1.54) is 18.2 Å². The number of aliphatic carboxylic acids is 2. The van der Waals surface area contributed by atoms with Crippen molar-refractivity contribution in [2.75, 3.05) is 0 Å². The Hall–Kier alpha value is -2.50. The van der Waals surface area contributed by atoms with Crippen LogP contribution in [-0.4, -0.2) is 33.7 Å². The van der Waals surface area contributed by atoms with Crippen LogP contribution in [0.5, 0.6) is 0 Å². The van der Waals surface area contributed by atoms with E-state index in [2.05, 4.69) is 0 Å². The van der Waals surface area contributed by atoms with Gasteiger partial charge in [-0.2, -0.15) is 0 Å². The zero-order valence-corrected chi connectivity index (χ0v) is 7.84. The van der Waals surface area contributed by atoms with Gasteiger partial charge in [0.2, 0.25) is 0 Å². The van der Waals surface area contributed by atoms with Crippen LogP contribution in [-0.2, 0) is 9.59 Å². The molecule has 0 unspecified atom stereocenters. The van der Waals surface area contributed by atoms with Crippen molar-refractivity contribution in [3.8, 4) is 0 Å². The molecule has 0 aliphatic carbocycles. The minimum absolute atomic E-state index is 0.236. The highest BCUT2D eigenvalue weighted by Gasteiger charge is 2.19. The Balaban J connectivity index is 3.14. The maximum Gasteiger partial charge on any atom is 0.377 e. The molecule has 6 heteroatoms. The number of ketones is 2. The molecule has 0 amide bonds. The fraction of sp³-hybridized carbons (Fsp3) is 0. The van der Waals surface area contributed by atoms with Crippen molar-refractivity contribution in [3.05, 3.63) is 35.4 Å². The largest absolute Gasteiger partial charge is 0.475 e. The van der Waals surface area contributed by atoms with Crippen LogP contribution in [0.25, 0.3) is 0 Å². The number of hydrogen-bond donors (Lipinski definition) is 2. The highest BCUT2D eigenvalue weighted by molar-refractivity contribution is 6.42. The quantitative estimate of drug-likeness (QED) is 0.557. The fourth-order valence-electron chi connectivity index (χ4n) is 1.05. The van der Waals surface area contributed by atoms with E-state index in [0.29, 0.717) is 0 Å². The molecule has 0 radical (unpaired) electrons. The second-order valence-electron chi connectivity index (χ2n) is 2.85. The molecule has 16 heavy (non-hydrogen) atoms. The molecule has 0 aromatic heterocycles. The highest BCUT2D eigenvalue weighted by Crippen LogP contribution is 2.07. The second kappa shape index (κ2) is 4.35. The van der Waals surface area contributed by atoms with Crippen molar-refractivity contribution in [3.63, 3.8) is 0 Å². The summed E-state index contributed by atoms with van der Waals surface area (Å²) >= 11 is 0. The van der Waals surface area contributed by atoms with Gasteiger partial charge in [-0.3, -0.25) is 9.59 Å². The third kappa shape index (κ3) is 2.30. The van der Waals surface area contributed by atoms with Crippen LogP contribution in [0.15, 0.2) is 24.3 Å². The van der Waals surface area contributed by atoms with Gasteiger partial charge in [-0.1, -0.05) is 18.2 Å². The van der Waals surface area contributed by atoms with Crippen LogP contribution in [0.4, 0.5) is 0 Å². The molecule has 0 bridgehead atoms. The lowest BCUT2D eigenvalue weighted by atomic mass is 10.0. The third-order valence-corrected chi connectivity index (χ3v) is 1.78.